The second-order valence-electron chi connectivity index (χ2n) is 4.37. The Morgan fingerprint density at radius 3 is 2.42 bits per heavy atom. The van der Waals surface area contributed by atoms with Gasteiger partial charge in [0.05, 0.1) is 18.5 Å². The summed E-state index contributed by atoms with van der Waals surface area (Å²) in [7, 11) is 1.60. The van der Waals surface area contributed by atoms with E-state index in [1.54, 1.807) is 25.3 Å². The lowest BCUT2D eigenvalue weighted by molar-refractivity contribution is 0.415. The van der Waals surface area contributed by atoms with Crippen LogP contribution in [0.5, 0.6) is 5.75 Å². The van der Waals surface area contributed by atoms with Gasteiger partial charge >= 0.3 is 0 Å². The quantitative estimate of drug-likeness (QED) is 0.826. The number of methoxy groups -OCH3 is 1. The Balaban J connectivity index is 2.14. The third kappa shape index (κ3) is 3.16. The van der Waals surface area contributed by atoms with Crippen LogP contribution in [-0.2, 0) is 0 Å². The molecule has 0 saturated heterocycles. The molecule has 0 aliphatic carbocycles. The molecule has 4 heteroatoms. The molecule has 0 bridgehead atoms. The van der Waals surface area contributed by atoms with Gasteiger partial charge in [-0.25, -0.2) is 4.39 Å². The van der Waals surface area contributed by atoms with E-state index in [9.17, 15) is 4.39 Å². The van der Waals surface area contributed by atoms with Crippen LogP contribution in [0.2, 0.25) is 0 Å². The highest BCUT2D eigenvalue weighted by atomic mass is 19.1. The van der Waals surface area contributed by atoms with Crippen molar-refractivity contribution in [3.05, 3.63) is 53.8 Å². The Hall–Kier alpha value is -2.23. The van der Waals surface area contributed by atoms with Crippen molar-refractivity contribution in [3.63, 3.8) is 0 Å². The Morgan fingerprint density at radius 1 is 1.16 bits per heavy atom. The smallest absolute Gasteiger partial charge is 0.123 e. The number of rotatable bonds is 4. The van der Waals surface area contributed by atoms with Gasteiger partial charge in [0.2, 0.25) is 0 Å². The second kappa shape index (κ2) is 5.61. The van der Waals surface area contributed by atoms with Crippen LogP contribution in [0.4, 0.5) is 15.8 Å². The van der Waals surface area contributed by atoms with E-state index in [-0.39, 0.29) is 11.9 Å². The summed E-state index contributed by atoms with van der Waals surface area (Å²) < 4.78 is 18.0. The fourth-order valence-electron chi connectivity index (χ4n) is 1.87. The third-order valence-electron chi connectivity index (χ3n) is 3.00. The van der Waals surface area contributed by atoms with Crippen LogP contribution in [0.1, 0.15) is 18.5 Å². The van der Waals surface area contributed by atoms with Crippen molar-refractivity contribution >= 4 is 11.4 Å². The molecule has 0 aliphatic heterocycles. The summed E-state index contributed by atoms with van der Waals surface area (Å²) in [6.07, 6.45) is 0. The molecule has 0 heterocycles. The summed E-state index contributed by atoms with van der Waals surface area (Å²) in [5.41, 5.74) is 8.39. The Bertz CT molecular complexity index is 555. The minimum Gasteiger partial charge on any atom is -0.497 e. The number of benzene rings is 2. The van der Waals surface area contributed by atoms with E-state index in [1.165, 1.54) is 12.1 Å². The number of hydrogen-bond acceptors (Lipinski definition) is 3. The standard InChI is InChI=1S/C15H17FN2O/c1-10(11-3-5-12(16)6-4-11)18-15-8-7-13(19-2)9-14(15)17/h3-10,18H,17H2,1-2H3. The first-order valence-electron chi connectivity index (χ1n) is 6.05. The highest BCUT2D eigenvalue weighted by Gasteiger charge is 2.08. The zero-order chi connectivity index (χ0) is 13.8. The van der Waals surface area contributed by atoms with Crippen LogP contribution in [0.3, 0.4) is 0 Å². The SMILES string of the molecule is COc1ccc(NC(C)c2ccc(F)cc2)c(N)c1. The average molecular weight is 260 g/mol. The van der Waals surface area contributed by atoms with E-state index in [0.29, 0.717) is 5.69 Å². The zero-order valence-electron chi connectivity index (χ0n) is 11.0. The van der Waals surface area contributed by atoms with E-state index in [2.05, 4.69) is 5.32 Å². The third-order valence-corrected chi connectivity index (χ3v) is 3.00. The van der Waals surface area contributed by atoms with E-state index in [4.69, 9.17) is 10.5 Å². The highest BCUT2D eigenvalue weighted by Crippen LogP contribution is 2.27. The molecule has 0 fully saturated rings. The van der Waals surface area contributed by atoms with Crippen molar-refractivity contribution in [2.75, 3.05) is 18.2 Å². The summed E-state index contributed by atoms with van der Waals surface area (Å²) in [5, 5.41) is 3.29. The first-order valence-corrected chi connectivity index (χ1v) is 6.05. The maximum Gasteiger partial charge on any atom is 0.123 e. The van der Waals surface area contributed by atoms with Gasteiger partial charge in [-0.2, -0.15) is 0 Å². The number of nitrogens with two attached hydrogens (primary N) is 1. The lowest BCUT2D eigenvalue weighted by Crippen LogP contribution is -2.08. The molecule has 2 aromatic rings. The maximum atomic E-state index is 12.9. The van der Waals surface area contributed by atoms with Gasteiger partial charge in [-0.15, -0.1) is 0 Å². The van der Waals surface area contributed by atoms with Gasteiger partial charge in [0, 0.05) is 12.1 Å². The minimum atomic E-state index is -0.236. The molecular formula is C15H17FN2O. The second-order valence-corrected chi connectivity index (χ2v) is 4.37. The van der Waals surface area contributed by atoms with E-state index in [1.807, 2.05) is 19.1 Å². The van der Waals surface area contributed by atoms with E-state index in [0.717, 1.165) is 17.0 Å². The lowest BCUT2D eigenvalue weighted by Gasteiger charge is -2.17. The molecule has 2 rings (SSSR count). The van der Waals surface area contributed by atoms with Gasteiger partial charge in [0.15, 0.2) is 0 Å². The summed E-state index contributed by atoms with van der Waals surface area (Å²) in [6.45, 7) is 2.00. The van der Waals surface area contributed by atoms with Crippen molar-refractivity contribution in [3.8, 4) is 5.75 Å². The van der Waals surface area contributed by atoms with Crippen LogP contribution in [-0.4, -0.2) is 7.11 Å². The zero-order valence-corrected chi connectivity index (χ0v) is 11.0. The van der Waals surface area contributed by atoms with Gasteiger partial charge in [-0.05, 0) is 36.8 Å². The van der Waals surface area contributed by atoms with Crippen LogP contribution in [0.25, 0.3) is 0 Å². The molecule has 100 valence electrons. The van der Waals surface area contributed by atoms with Crippen LogP contribution in [0, 0.1) is 5.82 Å². The monoisotopic (exact) mass is 260 g/mol. The Labute approximate surface area is 112 Å². The fourth-order valence-corrected chi connectivity index (χ4v) is 1.87. The molecule has 3 N–H and O–H groups in total. The Kier molecular flexibility index (Phi) is 3.90. The number of nitrogens with one attached hydrogen (secondary N) is 1. The van der Waals surface area contributed by atoms with E-state index >= 15 is 0 Å². The first kappa shape index (κ1) is 13.2. The number of ether oxygens (including phenoxy) is 1. The topological polar surface area (TPSA) is 47.3 Å². The molecule has 3 nitrogen and oxygen atoms in total. The molecule has 1 unspecified atom stereocenters. The molecule has 0 aromatic heterocycles. The summed E-state index contributed by atoms with van der Waals surface area (Å²) >= 11 is 0. The lowest BCUT2D eigenvalue weighted by atomic mass is 10.1. The van der Waals surface area contributed by atoms with Gasteiger partial charge in [-0.3, -0.25) is 0 Å². The molecule has 2 aromatic carbocycles. The molecule has 0 saturated carbocycles. The highest BCUT2D eigenvalue weighted by molar-refractivity contribution is 5.68. The van der Waals surface area contributed by atoms with E-state index < -0.39 is 0 Å². The molecule has 0 aliphatic rings. The number of hydrogen-bond donors (Lipinski definition) is 2. The molecule has 1 atom stereocenters. The largest absolute Gasteiger partial charge is 0.497 e. The predicted molar refractivity (Wildman–Crippen MR) is 75.8 cm³/mol. The van der Waals surface area contributed by atoms with Gasteiger partial charge in [-0.1, -0.05) is 12.1 Å². The van der Waals surface area contributed by atoms with Crippen molar-refractivity contribution in [1.82, 2.24) is 0 Å². The Morgan fingerprint density at radius 2 is 1.84 bits per heavy atom. The summed E-state index contributed by atoms with van der Waals surface area (Å²) in [4.78, 5) is 0. The van der Waals surface area contributed by atoms with Gasteiger partial charge in [0.1, 0.15) is 11.6 Å². The van der Waals surface area contributed by atoms with Gasteiger partial charge in [0.25, 0.3) is 0 Å². The fraction of sp³-hybridized carbons (Fsp3) is 0.200. The van der Waals surface area contributed by atoms with Crippen LogP contribution in [0.15, 0.2) is 42.5 Å². The average Bonchev–Trinajstić information content (AvgIpc) is 2.41. The van der Waals surface area contributed by atoms with Crippen molar-refractivity contribution in [2.24, 2.45) is 0 Å². The predicted octanol–water partition coefficient (Wildman–Crippen LogP) is 3.59. The van der Waals surface area contributed by atoms with Crippen molar-refractivity contribution in [2.45, 2.75) is 13.0 Å². The number of nitrogen functional groups attached to an aromatic ring is 1. The van der Waals surface area contributed by atoms with Gasteiger partial charge < -0.3 is 15.8 Å². The molecular weight excluding hydrogens is 243 g/mol. The molecule has 19 heavy (non-hydrogen) atoms. The first-order chi connectivity index (χ1) is 9.10. The summed E-state index contributed by atoms with van der Waals surface area (Å²) in [5.74, 6) is 0.484. The number of halogens is 1. The molecule has 0 amide bonds. The maximum absolute atomic E-state index is 12.9. The van der Waals surface area contributed by atoms with Crippen molar-refractivity contribution < 1.29 is 9.13 Å². The van der Waals surface area contributed by atoms with Crippen LogP contribution >= 0.6 is 0 Å². The van der Waals surface area contributed by atoms with Crippen molar-refractivity contribution in [1.29, 1.82) is 0 Å². The molecule has 0 spiro atoms. The number of anilines is 2. The molecule has 0 radical (unpaired) electrons. The minimum absolute atomic E-state index is 0.0382. The van der Waals surface area contributed by atoms with Crippen LogP contribution < -0.4 is 15.8 Å². The summed E-state index contributed by atoms with van der Waals surface area (Å²) in [6, 6.07) is 11.9. The normalized spacial score (nSPS) is 11.9.